The van der Waals surface area contributed by atoms with Crippen LogP contribution in [0.3, 0.4) is 0 Å². The molecule has 1 nitrogen and oxygen atoms in total. The van der Waals surface area contributed by atoms with Crippen LogP contribution in [0.2, 0.25) is 0 Å². The van der Waals surface area contributed by atoms with Crippen LogP contribution in [-0.4, -0.2) is 11.2 Å². The van der Waals surface area contributed by atoms with Crippen LogP contribution in [0, 0.1) is 0 Å². The summed E-state index contributed by atoms with van der Waals surface area (Å²) in [4.78, 5) is 0. The third-order valence-corrected chi connectivity index (χ3v) is 2.72. The zero-order valence-corrected chi connectivity index (χ0v) is 6.27. The summed E-state index contributed by atoms with van der Waals surface area (Å²) in [6.07, 6.45) is 7.09. The Labute approximate surface area is 61.8 Å². The van der Waals surface area contributed by atoms with E-state index in [1.807, 2.05) is 0 Å². The van der Waals surface area contributed by atoms with Gasteiger partial charge in [-0.05, 0) is 38.5 Å². The highest BCUT2D eigenvalue weighted by Gasteiger charge is 2.22. The molecule has 0 aromatic heterocycles. The van der Waals surface area contributed by atoms with Gasteiger partial charge >= 0.3 is 0 Å². The molecule has 0 amide bonds. The molecule has 0 spiro atoms. The van der Waals surface area contributed by atoms with Crippen molar-refractivity contribution in [2.75, 3.05) is 0 Å². The summed E-state index contributed by atoms with van der Waals surface area (Å²) in [6.45, 7) is 0. The SMILES string of the molecule is OC1CCC2=C(CCC2)C1. The van der Waals surface area contributed by atoms with Gasteiger partial charge < -0.3 is 5.11 Å². The molecule has 1 N–H and O–H groups in total. The first-order valence-electron chi connectivity index (χ1n) is 4.24. The van der Waals surface area contributed by atoms with E-state index < -0.39 is 0 Å². The van der Waals surface area contributed by atoms with Gasteiger partial charge in [-0.1, -0.05) is 11.1 Å². The first-order valence-corrected chi connectivity index (χ1v) is 4.24. The molecule has 0 saturated heterocycles. The average Bonchev–Trinajstić information content (AvgIpc) is 2.33. The number of rotatable bonds is 0. The lowest BCUT2D eigenvalue weighted by Gasteiger charge is -2.18. The molecule has 2 aliphatic carbocycles. The second kappa shape index (κ2) is 2.39. The highest BCUT2D eigenvalue weighted by molar-refractivity contribution is 5.22. The molecule has 1 unspecified atom stereocenters. The van der Waals surface area contributed by atoms with E-state index in [0.29, 0.717) is 0 Å². The van der Waals surface area contributed by atoms with Gasteiger partial charge in [-0.25, -0.2) is 0 Å². The molecule has 0 aromatic carbocycles. The summed E-state index contributed by atoms with van der Waals surface area (Å²) in [5, 5.41) is 9.32. The molecule has 56 valence electrons. The number of hydrogen-bond acceptors (Lipinski definition) is 1. The summed E-state index contributed by atoms with van der Waals surface area (Å²) < 4.78 is 0. The standard InChI is InChI=1S/C9H14O/c10-9-5-4-7-2-1-3-8(7)6-9/h9-10H,1-6H2. The molecule has 2 rings (SSSR count). The molecule has 0 radical (unpaired) electrons. The Kier molecular flexibility index (Phi) is 1.53. The molecule has 0 saturated carbocycles. The lowest BCUT2D eigenvalue weighted by molar-refractivity contribution is 0.158. The van der Waals surface area contributed by atoms with Crippen molar-refractivity contribution >= 4 is 0 Å². The van der Waals surface area contributed by atoms with Gasteiger partial charge in [0.05, 0.1) is 6.10 Å². The fourth-order valence-corrected chi connectivity index (χ4v) is 2.14. The summed E-state index contributed by atoms with van der Waals surface area (Å²) in [7, 11) is 0. The third-order valence-electron chi connectivity index (χ3n) is 2.72. The minimum Gasteiger partial charge on any atom is -0.393 e. The minimum absolute atomic E-state index is 0.0168. The second-order valence-corrected chi connectivity index (χ2v) is 3.46. The Morgan fingerprint density at radius 1 is 1.10 bits per heavy atom. The summed E-state index contributed by atoms with van der Waals surface area (Å²) in [5.74, 6) is 0. The molecular weight excluding hydrogens is 124 g/mol. The van der Waals surface area contributed by atoms with Gasteiger partial charge in [0.1, 0.15) is 0 Å². The van der Waals surface area contributed by atoms with Gasteiger partial charge in [-0.15, -0.1) is 0 Å². The van der Waals surface area contributed by atoms with Crippen molar-refractivity contribution in [3.05, 3.63) is 11.1 Å². The summed E-state index contributed by atoms with van der Waals surface area (Å²) in [5.41, 5.74) is 3.25. The lowest BCUT2D eigenvalue weighted by Crippen LogP contribution is -2.12. The van der Waals surface area contributed by atoms with E-state index in [4.69, 9.17) is 0 Å². The topological polar surface area (TPSA) is 20.2 Å². The molecular formula is C9H14O. The quantitative estimate of drug-likeness (QED) is 0.508. The highest BCUT2D eigenvalue weighted by Crippen LogP contribution is 2.36. The van der Waals surface area contributed by atoms with Crippen LogP contribution >= 0.6 is 0 Å². The predicted octanol–water partition coefficient (Wildman–Crippen LogP) is 2.01. The predicted molar refractivity (Wildman–Crippen MR) is 40.7 cm³/mol. The molecule has 10 heavy (non-hydrogen) atoms. The summed E-state index contributed by atoms with van der Waals surface area (Å²) >= 11 is 0. The van der Waals surface area contributed by atoms with Crippen LogP contribution in [-0.2, 0) is 0 Å². The molecule has 0 aromatic rings. The van der Waals surface area contributed by atoms with Crippen molar-refractivity contribution in [1.82, 2.24) is 0 Å². The van der Waals surface area contributed by atoms with Crippen LogP contribution in [0.4, 0.5) is 0 Å². The van der Waals surface area contributed by atoms with Gasteiger partial charge in [0.25, 0.3) is 0 Å². The van der Waals surface area contributed by atoms with Gasteiger partial charge in [-0.2, -0.15) is 0 Å². The first-order chi connectivity index (χ1) is 4.86. The normalized spacial score (nSPS) is 32.7. The van der Waals surface area contributed by atoms with E-state index in [1.54, 1.807) is 11.1 Å². The van der Waals surface area contributed by atoms with Crippen LogP contribution in [0.15, 0.2) is 11.1 Å². The van der Waals surface area contributed by atoms with Gasteiger partial charge in [0, 0.05) is 0 Å². The van der Waals surface area contributed by atoms with Crippen molar-refractivity contribution in [1.29, 1.82) is 0 Å². The fraction of sp³-hybridized carbons (Fsp3) is 0.778. The zero-order valence-electron chi connectivity index (χ0n) is 6.27. The van der Waals surface area contributed by atoms with Gasteiger partial charge in [-0.3, -0.25) is 0 Å². The maximum absolute atomic E-state index is 9.32. The van der Waals surface area contributed by atoms with Crippen molar-refractivity contribution < 1.29 is 5.11 Å². The lowest BCUT2D eigenvalue weighted by atomic mass is 9.92. The van der Waals surface area contributed by atoms with E-state index in [0.717, 1.165) is 12.8 Å². The molecule has 0 bridgehead atoms. The fourth-order valence-electron chi connectivity index (χ4n) is 2.14. The molecule has 1 atom stereocenters. The van der Waals surface area contributed by atoms with E-state index in [1.165, 1.54) is 25.7 Å². The first kappa shape index (κ1) is 6.41. The Hall–Kier alpha value is -0.300. The Bertz CT molecular complexity index is 170. The van der Waals surface area contributed by atoms with Crippen LogP contribution in [0.5, 0.6) is 0 Å². The van der Waals surface area contributed by atoms with Crippen LogP contribution in [0.1, 0.15) is 38.5 Å². The Morgan fingerprint density at radius 3 is 2.80 bits per heavy atom. The summed E-state index contributed by atoms with van der Waals surface area (Å²) in [6, 6.07) is 0. The average molecular weight is 138 g/mol. The van der Waals surface area contributed by atoms with E-state index in [9.17, 15) is 5.11 Å². The molecule has 2 aliphatic rings. The smallest absolute Gasteiger partial charge is 0.0580 e. The number of aliphatic hydroxyl groups is 1. The maximum Gasteiger partial charge on any atom is 0.0580 e. The van der Waals surface area contributed by atoms with E-state index >= 15 is 0 Å². The Morgan fingerprint density at radius 2 is 1.90 bits per heavy atom. The van der Waals surface area contributed by atoms with E-state index in [2.05, 4.69) is 0 Å². The molecule has 0 fully saturated rings. The number of hydrogen-bond donors (Lipinski definition) is 1. The molecule has 1 heteroatoms. The molecule has 0 aliphatic heterocycles. The zero-order chi connectivity index (χ0) is 6.97. The number of allylic oxidation sites excluding steroid dienone is 1. The third kappa shape index (κ3) is 0.988. The van der Waals surface area contributed by atoms with Crippen molar-refractivity contribution in [3.8, 4) is 0 Å². The van der Waals surface area contributed by atoms with Crippen LogP contribution < -0.4 is 0 Å². The van der Waals surface area contributed by atoms with Gasteiger partial charge in [0.2, 0.25) is 0 Å². The highest BCUT2D eigenvalue weighted by atomic mass is 16.3. The monoisotopic (exact) mass is 138 g/mol. The van der Waals surface area contributed by atoms with E-state index in [-0.39, 0.29) is 6.10 Å². The van der Waals surface area contributed by atoms with Crippen molar-refractivity contribution in [3.63, 3.8) is 0 Å². The van der Waals surface area contributed by atoms with Crippen molar-refractivity contribution in [2.45, 2.75) is 44.6 Å². The van der Waals surface area contributed by atoms with Crippen LogP contribution in [0.25, 0.3) is 0 Å². The maximum atomic E-state index is 9.32. The largest absolute Gasteiger partial charge is 0.393 e. The van der Waals surface area contributed by atoms with Gasteiger partial charge in [0.15, 0.2) is 0 Å². The minimum atomic E-state index is -0.0168. The van der Waals surface area contributed by atoms with Crippen molar-refractivity contribution in [2.24, 2.45) is 0 Å². The molecule has 0 heterocycles. The number of aliphatic hydroxyl groups excluding tert-OH is 1. The second-order valence-electron chi connectivity index (χ2n) is 3.46. The Balaban J connectivity index is 2.13.